The number of fused-ring (bicyclic) bond motifs is 2. The summed E-state index contributed by atoms with van der Waals surface area (Å²) in [6.07, 6.45) is 1.03. The first-order chi connectivity index (χ1) is 13.0. The number of benzene rings is 2. The molecule has 2 aromatic rings. The molecule has 144 valence electrons. The Labute approximate surface area is 162 Å². The Morgan fingerprint density at radius 3 is 2.37 bits per heavy atom. The van der Waals surface area contributed by atoms with Gasteiger partial charge in [-0.3, -0.25) is 0 Å². The second-order valence-electron chi connectivity index (χ2n) is 5.78. The largest absolute Gasteiger partial charge is 0.473 e. The fraction of sp³-hybridized carbons (Fsp3) is 0.300. The van der Waals surface area contributed by atoms with E-state index in [1.165, 1.54) is 11.1 Å². The maximum absolute atomic E-state index is 9.10. The zero-order valence-corrected chi connectivity index (χ0v) is 15.9. The van der Waals surface area contributed by atoms with Crippen LogP contribution in [0, 0.1) is 0 Å². The van der Waals surface area contributed by atoms with Crippen LogP contribution >= 0.6 is 11.8 Å². The van der Waals surface area contributed by atoms with Crippen LogP contribution in [-0.2, 0) is 16.0 Å². The Bertz CT molecular complexity index is 768. The van der Waals surface area contributed by atoms with E-state index in [2.05, 4.69) is 48.6 Å². The molecule has 0 bridgehead atoms. The predicted molar refractivity (Wildman–Crippen MR) is 106 cm³/mol. The smallest absolute Gasteiger partial charge is 0.414 e. The van der Waals surface area contributed by atoms with Gasteiger partial charge in [-0.25, -0.2) is 9.59 Å². The van der Waals surface area contributed by atoms with Crippen LogP contribution in [0.25, 0.3) is 0 Å². The molecule has 1 aliphatic heterocycles. The van der Waals surface area contributed by atoms with Gasteiger partial charge in [0.15, 0.2) is 0 Å². The molecular weight excluding hydrogens is 366 g/mol. The summed E-state index contributed by atoms with van der Waals surface area (Å²) in [5, 5.41) is 18.6. The van der Waals surface area contributed by atoms with Crippen molar-refractivity contribution in [3.05, 3.63) is 59.7 Å². The normalized spacial score (nSPS) is 14.5. The quantitative estimate of drug-likeness (QED) is 0.531. The number of carboxylic acids is 2. The van der Waals surface area contributed by atoms with Gasteiger partial charge in [0.25, 0.3) is 0 Å². The van der Waals surface area contributed by atoms with Crippen LogP contribution in [0.15, 0.2) is 48.5 Å². The van der Waals surface area contributed by atoms with Crippen LogP contribution in [0.3, 0.4) is 0 Å². The molecule has 1 atom stereocenters. The van der Waals surface area contributed by atoms with Crippen molar-refractivity contribution in [1.29, 1.82) is 0 Å². The molecule has 3 rings (SSSR count). The summed E-state index contributed by atoms with van der Waals surface area (Å²) >= 11 is 2.01. The Balaban J connectivity index is 0.000000380. The number of hydrogen-bond acceptors (Lipinski definition) is 5. The summed E-state index contributed by atoms with van der Waals surface area (Å²) in [4.78, 5) is 18.2. The molecule has 2 aromatic carbocycles. The topological polar surface area (TPSA) is 95.9 Å². The Hall–Kier alpha value is -2.51. The van der Waals surface area contributed by atoms with Crippen LogP contribution in [0.5, 0.6) is 11.5 Å². The number of carboxylic acid groups (broad SMARTS) is 2. The fourth-order valence-electron chi connectivity index (χ4n) is 2.64. The average Bonchev–Trinajstić information content (AvgIpc) is 2.82. The van der Waals surface area contributed by atoms with E-state index in [1.807, 2.05) is 23.9 Å². The van der Waals surface area contributed by atoms with Crippen LogP contribution < -0.4 is 10.1 Å². The maximum atomic E-state index is 9.10. The Morgan fingerprint density at radius 2 is 1.70 bits per heavy atom. The van der Waals surface area contributed by atoms with Crippen LogP contribution in [0.1, 0.15) is 23.3 Å². The van der Waals surface area contributed by atoms with E-state index >= 15 is 0 Å². The van der Waals surface area contributed by atoms with Crippen molar-refractivity contribution in [2.24, 2.45) is 0 Å². The lowest BCUT2D eigenvalue weighted by Crippen LogP contribution is -2.16. The number of thioether (sulfide) groups is 1. The molecule has 0 saturated carbocycles. The molecule has 0 saturated heterocycles. The highest BCUT2D eigenvalue weighted by molar-refractivity contribution is 7.99. The number of ether oxygens (including phenoxy) is 1. The van der Waals surface area contributed by atoms with E-state index in [0.717, 1.165) is 36.8 Å². The lowest BCUT2D eigenvalue weighted by Gasteiger charge is -2.16. The zero-order chi connectivity index (χ0) is 19.6. The standard InChI is InChI=1S/C18H21NOS.C2H2O4/c1-2-19-11-12-21-18-13-14-7-3-5-9-16(14)20-17-10-6-4-8-15(17)18;3-1(4)2(5)6/h3-10,18-19H,2,11-13H2,1H3;(H,3,4)(H,5,6). The average molecular weight is 389 g/mol. The molecule has 7 heteroatoms. The summed E-state index contributed by atoms with van der Waals surface area (Å²) in [7, 11) is 0. The van der Waals surface area contributed by atoms with Crippen molar-refractivity contribution >= 4 is 23.7 Å². The van der Waals surface area contributed by atoms with Gasteiger partial charge in [0.05, 0.1) is 0 Å². The summed E-state index contributed by atoms with van der Waals surface area (Å²) in [5.41, 5.74) is 2.62. The van der Waals surface area contributed by atoms with Gasteiger partial charge in [-0.2, -0.15) is 11.8 Å². The van der Waals surface area contributed by atoms with Gasteiger partial charge in [0.2, 0.25) is 0 Å². The fourth-order valence-corrected chi connectivity index (χ4v) is 3.86. The molecule has 0 spiro atoms. The molecule has 1 aliphatic rings. The predicted octanol–water partition coefficient (Wildman–Crippen LogP) is 3.57. The minimum Gasteiger partial charge on any atom is -0.473 e. The highest BCUT2D eigenvalue weighted by atomic mass is 32.2. The minimum absolute atomic E-state index is 0.462. The summed E-state index contributed by atoms with van der Waals surface area (Å²) < 4.78 is 6.13. The highest BCUT2D eigenvalue weighted by Gasteiger charge is 2.23. The highest BCUT2D eigenvalue weighted by Crippen LogP contribution is 2.43. The summed E-state index contributed by atoms with van der Waals surface area (Å²) in [6.45, 7) is 4.24. The molecular formula is C20H23NO5S. The maximum Gasteiger partial charge on any atom is 0.414 e. The summed E-state index contributed by atoms with van der Waals surface area (Å²) in [5.74, 6) is -0.525. The number of carbonyl (C=O) groups is 2. The van der Waals surface area contributed by atoms with E-state index in [9.17, 15) is 0 Å². The molecule has 27 heavy (non-hydrogen) atoms. The van der Waals surface area contributed by atoms with Crippen molar-refractivity contribution in [3.8, 4) is 11.5 Å². The number of aliphatic carboxylic acids is 2. The SMILES string of the molecule is CCNCCSC1Cc2ccccc2Oc2ccccc21.O=C(O)C(=O)O. The van der Waals surface area contributed by atoms with Gasteiger partial charge in [-0.15, -0.1) is 0 Å². The monoisotopic (exact) mass is 389 g/mol. The second-order valence-corrected chi connectivity index (χ2v) is 7.09. The molecule has 0 aliphatic carbocycles. The first-order valence-corrected chi connectivity index (χ1v) is 9.71. The van der Waals surface area contributed by atoms with Gasteiger partial charge in [-0.05, 0) is 30.7 Å². The third-order valence-corrected chi connectivity index (χ3v) is 5.16. The lowest BCUT2D eigenvalue weighted by atomic mass is 10.0. The summed E-state index contributed by atoms with van der Waals surface area (Å²) in [6, 6.07) is 16.8. The van der Waals surface area contributed by atoms with Gasteiger partial charge in [0, 0.05) is 23.1 Å². The second kappa shape index (κ2) is 10.6. The van der Waals surface area contributed by atoms with Gasteiger partial charge in [-0.1, -0.05) is 43.3 Å². The number of nitrogens with one attached hydrogen (secondary N) is 1. The van der Waals surface area contributed by atoms with Crippen molar-refractivity contribution in [1.82, 2.24) is 5.32 Å². The number of para-hydroxylation sites is 2. The van der Waals surface area contributed by atoms with Gasteiger partial charge in [0.1, 0.15) is 11.5 Å². The zero-order valence-electron chi connectivity index (χ0n) is 15.1. The molecule has 0 radical (unpaired) electrons. The lowest BCUT2D eigenvalue weighted by molar-refractivity contribution is -0.159. The van der Waals surface area contributed by atoms with Crippen LogP contribution in [0.4, 0.5) is 0 Å². The molecule has 0 amide bonds. The van der Waals surface area contributed by atoms with Crippen molar-refractivity contribution < 1.29 is 24.5 Å². The Morgan fingerprint density at radius 1 is 1.07 bits per heavy atom. The third kappa shape index (κ3) is 6.30. The van der Waals surface area contributed by atoms with Crippen LogP contribution in [0.2, 0.25) is 0 Å². The first-order valence-electron chi connectivity index (χ1n) is 8.66. The van der Waals surface area contributed by atoms with Gasteiger partial charge < -0.3 is 20.3 Å². The molecule has 1 heterocycles. The number of rotatable bonds is 5. The molecule has 6 nitrogen and oxygen atoms in total. The van der Waals surface area contributed by atoms with Crippen LogP contribution in [-0.4, -0.2) is 41.0 Å². The van der Waals surface area contributed by atoms with E-state index in [0.29, 0.717) is 5.25 Å². The number of hydrogen-bond donors (Lipinski definition) is 3. The molecule has 3 N–H and O–H groups in total. The van der Waals surface area contributed by atoms with E-state index < -0.39 is 11.9 Å². The third-order valence-electron chi connectivity index (χ3n) is 3.89. The van der Waals surface area contributed by atoms with E-state index in [1.54, 1.807) is 0 Å². The van der Waals surface area contributed by atoms with Crippen molar-refractivity contribution in [3.63, 3.8) is 0 Å². The Kier molecular flexibility index (Phi) is 8.16. The van der Waals surface area contributed by atoms with Crippen molar-refractivity contribution in [2.45, 2.75) is 18.6 Å². The molecule has 0 fully saturated rings. The molecule has 0 aromatic heterocycles. The van der Waals surface area contributed by atoms with E-state index in [-0.39, 0.29) is 0 Å². The minimum atomic E-state index is -1.82. The van der Waals surface area contributed by atoms with Crippen molar-refractivity contribution in [2.75, 3.05) is 18.8 Å². The van der Waals surface area contributed by atoms with Gasteiger partial charge >= 0.3 is 11.9 Å². The first kappa shape index (κ1) is 20.8. The molecule has 1 unspecified atom stereocenters. The van der Waals surface area contributed by atoms with E-state index in [4.69, 9.17) is 24.5 Å².